The fourth-order valence-electron chi connectivity index (χ4n) is 0. The van der Waals surface area contributed by atoms with E-state index in [1.165, 1.54) is 0 Å². The van der Waals surface area contributed by atoms with Gasteiger partial charge in [0.2, 0.25) is 0 Å². The molecule has 0 amide bonds. The predicted molar refractivity (Wildman–Crippen MR) is 46.4 cm³/mol. The van der Waals surface area contributed by atoms with Crippen molar-refractivity contribution in [1.82, 2.24) is 0 Å². The summed E-state index contributed by atoms with van der Waals surface area (Å²) in [7, 11) is -9.33. The zero-order chi connectivity index (χ0) is 9.00. The molecular formula is H14CuO13S2. The first-order valence-electron chi connectivity index (χ1n) is 1.40. The molecule has 0 bridgehead atoms. The second kappa shape index (κ2) is 20.5. The Balaban J connectivity index is -0.00000000970. The van der Waals surface area contributed by atoms with E-state index in [1.807, 2.05) is 0 Å². The molecule has 16 heavy (non-hydrogen) atoms. The van der Waals surface area contributed by atoms with E-state index in [1.54, 1.807) is 0 Å². The molecule has 0 aromatic carbocycles. The van der Waals surface area contributed by atoms with Crippen molar-refractivity contribution < 1.29 is 79.5 Å². The van der Waals surface area contributed by atoms with Crippen molar-refractivity contribution in [2.45, 2.75) is 0 Å². The van der Waals surface area contributed by atoms with Gasteiger partial charge in [0.15, 0.2) is 0 Å². The topological polar surface area (TPSA) is 307 Å². The number of hydrogen-bond donors (Lipinski definition) is 4. The van der Waals surface area contributed by atoms with Gasteiger partial charge in [0, 0.05) is 17.1 Å². The van der Waals surface area contributed by atoms with E-state index in [9.17, 15) is 0 Å². The minimum absolute atomic E-state index is 0. The molecule has 1 radical (unpaired) electrons. The molecule has 0 aromatic rings. The Labute approximate surface area is 101 Å². The molecule has 13 nitrogen and oxygen atoms in total. The van der Waals surface area contributed by atoms with Crippen LogP contribution in [0.4, 0.5) is 0 Å². The van der Waals surface area contributed by atoms with Crippen LogP contribution in [0.15, 0.2) is 0 Å². The standard InChI is InChI=1S/Cu.2H2O4S.5H2O/c;2*1-5(2,3)4;;;;;/h;2*(H2,1,2,3,4);5*1H2. The van der Waals surface area contributed by atoms with Crippen molar-refractivity contribution in [2.24, 2.45) is 0 Å². The van der Waals surface area contributed by atoms with Gasteiger partial charge < -0.3 is 27.4 Å². The average Bonchev–Trinajstić information content (AvgIpc) is 1.12. The Bertz CT molecular complexity index is 210. The van der Waals surface area contributed by atoms with Gasteiger partial charge in [-0.2, -0.15) is 16.8 Å². The Morgan fingerprint density at radius 1 is 0.500 bits per heavy atom. The molecule has 0 atom stereocenters. The molecule has 0 aliphatic carbocycles. The molecule has 0 unspecified atom stereocenters. The number of rotatable bonds is 0. The summed E-state index contributed by atoms with van der Waals surface area (Å²) in [4.78, 5) is 0. The first-order valence-corrected chi connectivity index (χ1v) is 4.19. The van der Waals surface area contributed by atoms with E-state index in [4.69, 9.17) is 35.0 Å². The van der Waals surface area contributed by atoms with Crippen molar-refractivity contribution >= 4 is 20.8 Å². The molecule has 0 spiro atoms. The van der Waals surface area contributed by atoms with E-state index >= 15 is 0 Å². The van der Waals surface area contributed by atoms with Crippen LogP contribution < -0.4 is 0 Å². The normalized spacial score (nSPS) is 7.25. The summed E-state index contributed by atoms with van der Waals surface area (Å²) in [5.41, 5.74) is 0. The van der Waals surface area contributed by atoms with Crippen LogP contribution in [0.5, 0.6) is 0 Å². The van der Waals surface area contributed by atoms with Gasteiger partial charge in [-0.05, 0) is 0 Å². The van der Waals surface area contributed by atoms with Crippen LogP contribution in [0.2, 0.25) is 0 Å². The molecule has 0 heterocycles. The van der Waals surface area contributed by atoms with Crippen LogP contribution in [-0.4, -0.2) is 62.4 Å². The Morgan fingerprint density at radius 3 is 0.500 bits per heavy atom. The van der Waals surface area contributed by atoms with Gasteiger partial charge in [0.05, 0.1) is 0 Å². The first kappa shape index (κ1) is 56.1. The molecular weight excluding hydrogens is 336 g/mol. The van der Waals surface area contributed by atoms with E-state index in [2.05, 4.69) is 0 Å². The summed E-state index contributed by atoms with van der Waals surface area (Å²) in [6.07, 6.45) is 0. The van der Waals surface area contributed by atoms with Crippen molar-refractivity contribution in [3.05, 3.63) is 0 Å². The second-order valence-corrected chi connectivity index (χ2v) is 2.69. The van der Waals surface area contributed by atoms with Crippen LogP contribution in [0.3, 0.4) is 0 Å². The summed E-state index contributed by atoms with van der Waals surface area (Å²) in [6, 6.07) is 0. The summed E-state index contributed by atoms with van der Waals surface area (Å²) in [5.74, 6) is 0. The van der Waals surface area contributed by atoms with E-state index < -0.39 is 20.8 Å². The quantitative estimate of drug-likeness (QED) is 0.240. The fourth-order valence-corrected chi connectivity index (χ4v) is 0. The summed E-state index contributed by atoms with van der Waals surface area (Å²) < 4.78 is 63.2. The van der Waals surface area contributed by atoms with Gasteiger partial charge in [-0.15, -0.1) is 0 Å². The number of hydrogen-bond acceptors (Lipinski definition) is 4. The SMILES string of the molecule is O.O.O.O.O.O=S(=O)(O)O.O=S(=O)(O)O.[Cu]. The van der Waals surface area contributed by atoms with E-state index in [0.717, 1.165) is 0 Å². The summed E-state index contributed by atoms with van der Waals surface area (Å²) in [5, 5.41) is 0. The third-order valence-electron chi connectivity index (χ3n) is 0. The molecule has 115 valence electrons. The largest absolute Gasteiger partial charge is 0.412 e. The van der Waals surface area contributed by atoms with Gasteiger partial charge in [-0.25, -0.2) is 0 Å². The first-order chi connectivity index (χ1) is 4.00. The zero-order valence-electron chi connectivity index (χ0n) is 7.04. The molecule has 16 heteroatoms. The molecule has 0 saturated carbocycles. The average molecular weight is 350 g/mol. The van der Waals surface area contributed by atoms with Crippen molar-refractivity contribution in [3.63, 3.8) is 0 Å². The summed E-state index contributed by atoms with van der Waals surface area (Å²) >= 11 is 0. The predicted octanol–water partition coefficient (Wildman–Crippen LogP) is -5.43. The molecule has 14 N–H and O–H groups in total. The summed E-state index contributed by atoms with van der Waals surface area (Å²) in [6.45, 7) is 0. The van der Waals surface area contributed by atoms with Crippen LogP contribution in [0, 0.1) is 0 Å². The van der Waals surface area contributed by atoms with Crippen LogP contribution in [-0.2, 0) is 37.9 Å². The van der Waals surface area contributed by atoms with Gasteiger partial charge in [0.1, 0.15) is 0 Å². The smallest absolute Gasteiger partial charge is 0.394 e. The second-order valence-electron chi connectivity index (χ2n) is 0.896. The van der Waals surface area contributed by atoms with Gasteiger partial charge in [-0.3, -0.25) is 18.2 Å². The van der Waals surface area contributed by atoms with Gasteiger partial charge >= 0.3 is 20.8 Å². The Hall–Kier alpha value is 0.0595. The molecule has 0 saturated heterocycles. The molecule has 0 aliphatic heterocycles. The molecule has 0 aromatic heterocycles. The van der Waals surface area contributed by atoms with E-state index in [0.29, 0.717) is 0 Å². The van der Waals surface area contributed by atoms with Crippen molar-refractivity contribution in [3.8, 4) is 0 Å². The van der Waals surface area contributed by atoms with Crippen LogP contribution in [0.1, 0.15) is 0 Å². The van der Waals surface area contributed by atoms with Gasteiger partial charge in [-0.1, -0.05) is 0 Å². The molecule has 0 fully saturated rings. The van der Waals surface area contributed by atoms with Gasteiger partial charge in [0.25, 0.3) is 0 Å². The maximum absolute atomic E-state index is 8.74. The third kappa shape index (κ3) is 678000. The Kier molecular flexibility index (Phi) is 71.7. The van der Waals surface area contributed by atoms with Crippen LogP contribution in [0.25, 0.3) is 0 Å². The van der Waals surface area contributed by atoms with Crippen molar-refractivity contribution in [1.29, 1.82) is 0 Å². The zero-order valence-corrected chi connectivity index (χ0v) is 9.61. The maximum Gasteiger partial charge on any atom is 0.394 e. The van der Waals surface area contributed by atoms with E-state index in [-0.39, 0.29) is 44.4 Å². The minimum Gasteiger partial charge on any atom is -0.412 e. The van der Waals surface area contributed by atoms with Crippen LogP contribution >= 0.6 is 0 Å². The molecule has 0 aliphatic rings. The maximum atomic E-state index is 8.74. The molecule has 0 rings (SSSR count). The fraction of sp³-hybridized carbons (Fsp3) is 0. The minimum atomic E-state index is -4.67. The Morgan fingerprint density at radius 2 is 0.500 bits per heavy atom. The monoisotopic (exact) mass is 349 g/mol. The van der Waals surface area contributed by atoms with Crippen molar-refractivity contribution in [2.75, 3.05) is 0 Å². The third-order valence-corrected chi connectivity index (χ3v) is 0.